The van der Waals surface area contributed by atoms with Crippen molar-refractivity contribution in [2.45, 2.75) is 38.9 Å². The average molecular weight is 501 g/mol. The van der Waals surface area contributed by atoms with Crippen LogP contribution in [0.4, 0.5) is 10.5 Å². The fraction of sp³-hybridized carbons (Fsp3) is 0.346. The van der Waals surface area contributed by atoms with Crippen LogP contribution in [0.3, 0.4) is 0 Å². The Balaban J connectivity index is 2.29. The molecule has 0 bridgehead atoms. The lowest BCUT2D eigenvalue weighted by Gasteiger charge is -2.28. The highest BCUT2D eigenvalue weighted by Gasteiger charge is 2.30. The van der Waals surface area contributed by atoms with Gasteiger partial charge in [-0.1, -0.05) is 24.3 Å². The summed E-state index contributed by atoms with van der Waals surface area (Å²) in [6, 6.07) is 13.4. The molecule has 194 valence electrons. The number of hydrogen-bond acceptors (Lipinski definition) is 8. The summed E-state index contributed by atoms with van der Waals surface area (Å²) in [5.74, 6) is -0.322. The van der Waals surface area contributed by atoms with Gasteiger partial charge in [0.25, 0.3) is 5.91 Å². The highest BCUT2D eigenvalue weighted by molar-refractivity contribution is 5.95. The van der Waals surface area contributed by atoms with Crippen molar-refractivity contribution in [2.75, 3.05) is 25.1 Å². The molecule has 2 aromatic rings. The number of Topliss-reactive ketones (excluding diaryl/α,β-unsaturated/α-hetero) is 1. The fourth-order valence-corrected chi connectivity index (χ4v) is 3.42. The van der Waals surface area contributed by atoms with Crippen LogP contribution >= 0.6 is 0 Å². The minimum atomic E-state index is -0.892. The second kappa shape index (κ2) is 15.3. The van der Waals surface area contributed by atoms with Gasteiger partial charge in [0.2, 0.25) is 0 Å². The zero-order valence-electron chi connectivity index (χ0n) is 20.3. The minimum Gasteiger partial charge on any atom is -0.491 e. The highest BCUT2D eigenvalue weighted by Crippen LogP contribution is 2.34. The Hall–Kier alpha value is -3.73. The van der Waals surface area contributed by atoms with Gasteiger partial charge in [0.05, 0.1) is 12.7 Å². The molecule has 2 rings (SSSR count). The maximum Gasteiger partial charge on any atom is 0.412 e. The molecule has 2 aromatic carbocycles. The lowest BCUT2D eigenvalue weighted by atomic mass is 9.99. The molecule has 0 saturated carbocycles. The first-order chi connectivity index (χ1) is 17.4. The van der Waals surface area contributed by atoms with E-state index in [1.807, 2.05) is 6.92 Å². The van der Waals surface area contributed by atoms with Crippen LogP contribution in [-0.4, -0.2) is 54.0 Å². The molecule has 0 unspecified atom stereocenters. The van der Waals surface area contributed by atoms with Crippen LogP contribution in [0.1, 0.15) is 48.7 Å². The second-order valence-electron chi connectivity index (χ2n) is 7.64. The summed E-state index contributed by atoms with van der Waals surface area (Å²) >= 11 is 0. The monoisotopic (exact) mass is 500 g/mol. The molecular formula is C26H32N2O8. The molecule has 0 aliphatic rings. The molecule has 2 atom stereocenters. The molecule has 0 fully saturated rings. The van der Waals surface area contributed by atoms with E-state index in [4.69, 9.17) is 19.4 Å². The van der Waals surface area contributed by atoms with Crippen molar-refractivity contribution in [1.29, 1.82) is 0 Å². The number of carbonyl (C=O) groups excluding carboxylic acids is 3. The van der Waals surface area contributed by atoms with Crippen molar-refractivity contribution in [3.63, 3.8) is 0 Å². The number of carbonyl (C=O) groups is 3. The number of nitrogens with one attached hydrogen (secondary N) is 2. The molecule has 10 nitrogen and oxygen atoms in total. The van der Waals surface area contributed by atoms with Gasteiger partial charge in [0.1, 0.15) is 12.4 Å². The van der Waals surface area contributed by atoms with Gasteiger partial charge < -0.3 is 19.3 Å². The Morgan fingerprint density at radius 1 is 1.08 bits per heavy atom. The van der Waals surface area contributed by atoms with Crippen LogP contribution in [0, 0.1) is 0 Å². The molecule has 4 N–H and O–H groups in total. The predicted octanol–water partition coefficient (Wildman–Crippen LogP) is 3.80. The second-order valence-corrected chi connectivity index (χ2v) is 7.64. The first-order valence-electron chi connectivity index (χ1n) is 11.5. The van der Waals surface area contributed by atoms with Gasteiger partial charge in [0.15, 0.2) is 11.9 Å². The molecule has 0 radical (unpaired) electrons. The van der Waals surface area contributed by atoms with Gasteiger partial charge in [0, 0.05) is 29.5 Å². The topological polar surface area (TPSA) is 143 Å². The summed E-state index contributed by atoms with van der Waals surface area (Å²) in [6.07, 6.45) is 1.29. The Bertz CT molecular complexity index is 1020. The van der Waals surface area contributed by atoms with E-state index in [9.17, 15) is 19.5 Å². The van der Waals surface area contributed by atoms with Gasteiger partial charge in [-0.2, -0.15) is 0 Å². The van der Waals surface area contributed by atoms with Crippen molar-refractivity contribution in [1.82, 2.24) is 5.48 Å². The van der Waals surface area contributed by atoms with Crippen molar-refractivity contribution >= 4 is 23.5 Å². The molecule has 0 spiro atoms. The van der Waals surface area contributed by atoms with Crippen LogP contribution in [0.25, 0.3) is 0 Å². The van der Waals surface area contributed by atoms with Gasteiger partial charge in [-0.25, -0.2) is 10.3 Å². The first-order valence-corrected chi connectivity index (χ1v) is 11.5. The molecule has 0 aromatic heterocycles. The average Bonchev–Trinajstić information content (AvgIpc) is 2.88. The lowest BCUT2D eigenvalue weighted by molar-refractivity contribution is -0.124. The van der Waals surface area contributed by atoms with Gasteiger partial charge in [-0.15, -0.1) is 0 Å². The van der Waals surface area contributed by atoms with E-state index >= 15 is 0 Å². The quantitative estimate of drug-likeness (QED) is 0.133. The third-order valence-corrected chi connectivity index (χ3v) is 5.06. The number of benzene rings is 2. The van der Waals surface area contributed by atoms with Crippen LogP contribution < -0.4 is 15.5 Å². The predicted molar refractivity (Wildman–Crippen MR) is 132 cm³/mol. The summed E-state index contributed by atoms with van der Waals surface area (Å²) < 4.78 is 17.4. The Labute approximate surface area is 209 Å². The van der Waals surface area contributed by atoms with Crippen LogP contribution in [-0.2, 0) is 14.3 Å². The van der Waals surface area contributed by atoms with E-state index in [0.717, 1.165) is 0 Å². The molecule has 0 heterocycles. The van der Waals surface area contributed by atoms with Crippen LogP contribution in [0.5, 0.6) is 5.75 Å². The maximum absolute atomic E-state index is 12.9. The number of anilines is 1. The van der Waals surface area contributed by atoms with Gasteiger partial charge in [-0.05, 0) is 57.0 Å². The molecular weight excluding hydrogens is 468 g/mol. The van der Waals surface area contributed by atoms with E-state index in [-0.39, 0.29) is 19.0 Å². The molecule has 36 heavy (non-hydrogen) atoms. The number of ether oxygens (including phenoxy) is 3. The Morgan fingerprint density at radius 3 is 2.44 bits per heavy atom. The number of amides is 2. The first kappa shape index (κ1) is 28.5. The minimum absolute atomic E-state index is 0.0523. The van der Waals surface area contributed by atoms with Crippen LogP contribution in [0.2, 0.25) is 0 Å². The van der Waals surface area contributed by atoms with E-state index in [1.165, 1.54) is 18.5 Å². The van der Waals surface area contributed by atoms with Gasteiger partial charge >= 0.3 is 6.09 Å². The molecule has 2 amide bonds. The molecule has 10 heteroatoms. The summed E-state index contributed by atoms with van der Waals surface area (Å²) in [6.45, 7) is 3.46. The zero-order valence-corrected chi connectivity index (χ0v) is 20.3. The van der Waals surface area contributed by atoms with E-state index in [0.29, 0.717) is 42.0 Å². The molecule has 0 aliphatic heterocycles. The van der Waals surface area contributed by atoms with Crippen molar-refractivity contribution in [2.24, 2.45) is 0 Å². The Morgan fingerprint density at radius 2 is 1.81 bits per heavy atom. The lowest BCUT2D eigenvalue weighted by Crippen LogP contribution is -2.29. The summed E-state index contributed by atoms with van der Waals surface area (Å²) in [5.41, 5.74) is 3.03. The van der Waals surface area contributed by atoms with Gasteiger partial charge in [-0.3, -0.25) is 20.1 Å². The van der Waals surface area contributed by atoms with Crippen LogP contribution in [0.15, 0.2) is 60.7 Å². The summed E-state index contributed by atoms with van der Waals surface area (Å²) in [7, 11) is 0. The number of hydroxylamine groups is 1. The Kier molecular flexibility index (Phi) is 12.1. The standard InChI is InChI=1S/C26H32N2O8/c1-3-34-23(10-6-7-11-24(31)28-33)25(21-8-4-5-9-22(21)35-17-16-29)36-26(32)27-20-14-12-19(13-15-20)18(2)30/h4-5,7-9,11-15,23,25,29,33H,3,6,10,16-17H2,1-2H3,(H,27,32)(H,28,31)/b11-7+/t23-,25-/m0/s1. The molecule has 0 aliphatic carbocycles. The summed E-state index contributed by atoms with van der Waals surface area (Å²) in [4.78, 5) is 35.6. The number of aliphatic hydroxyl groups excluding tert-OH is 1. The molecule has 0 saturated heterocycles. The maximum atomic E-state index is 12.9. The number of aliphatic hydroxyl groups is 1. The SMILES string of the molecule is CCO[C@@H](CC/C=C/C(=O)NO)[C@@H](OC(=O)Nc1ccc(C(C)=O)cc1)c1ccccc1OCCO. The van der Waals surface area contributed by atoms with Crippen molar-refractivity contribution in [3.05, 3.63) is 71.8 Å². The number of hydrogen-bond donors (Lipinski definition) is 4. The third kappa shape index (κ3) is 9.14. The number of para-hydroxylation sites is 1. The van der Waals surface area contributed by atoms with Crippen molar-refractivity contribution in [3.8, 4) is 5.75 Å². The zero-order chi connectivity index (χ0) is 26.3. The third-order valence-electron chi connectivity index (χ3n) is 5.06. The number of allylic oxidation sites excluding steroid dienone is 1. The van der Waals surface area contributed by atoms with Crippen molar-refractivity contribution < 1.29 is 38.9 Å². The smallest absolute Gasteiger partial charge is 0.412 e. The van der Waals surface area contributed by atoms with E-state index < -0.39 is 24.2 Å². The largest absolute Gasteiger partial charge is 0.491 e. The van der Waals surface area contributed by atoms with E-state index in [2.05, 4.69) is 5.32 Å². The van der Waals surface area contributed by atoms with E-state index in [1.54, 1.807) is 54.6 Å². The normalized spacial score (nSPS) is 12.6. The highest BCUT2D eigenvalue weighted by atomic mass is 16.6. The number of ketones is 1. The summed E-state index contributed by atoms with van der Waals surface area (Å²) in [5, 5.41) is 20.5. The fourth-order valence-electron chi connectivity index (χ4n) is 3.42. The number of rotatable bonds is 14.